The molecule has 0 aliphatic heterocycles. The first-order valence-corrected chi connectivity index (χ1v) is 9.82. The number of nitrogens with zero attached hydrogens (tertiary/aromatic N) is 2. The van der Waals surface area contributed by atoms with E-state index in [-0.39, 0.29) is 5.78 Å². The molecule has 0 saturated heterocycles. The van der Waals surface area contributed by atoms with E-state index in [0.29, 0.717) is 33.7 Å². The number of amidine groups is 1. The van der Waals surface area contributed by atoms with Gasteiger partial charge in [0.15, 0.2) is 5.78 Å². The number of halogens is 1. The standard InChI is InChI=1S/C20H20ClN3O2S/c1-3-24(2)20(22)14-6-4-13(5-7-14)16-12-15(26-23-16)8-9-17(25)18-10-11-19(21)27-18/h4-7,10-12,22H,3,8-9H2,1-2H3. The molecule has 0 saturated carbocycles. The predicted molar refractivity (Wildman–Crippen MR) is 109 cm³/mol. The maximum atomic E-state index is 12.2. The average molecular weight is 402 g/mol. The second kappa shape index (κ2) is 8.50. The summed E-state index contributed by atoms with van der Waals surface area (Å²) in [6.45, 7) is 2.79. The molecule has 1 N–H and O–H groups in total. The first-order chi connectivity index (χ1) is 13.0. The topological polar surface area (TPSA) is 70.2 Å². The summed E-state index contributed by atoms with van der Waals surface area (Å²) in [4.78, 5) is 14.7. The molecule has 0 spiro atoms. The van der Waals surface area contributed by atoms with Gasteiger partial charge in [-0.25, -0.2) is 0 Å². The van der Waals surface area contributed by atoms with Crippen molar-refractivity contribution < 1.29 is 9.32 Å². The lowest BCUT2D eigenvalue weighted by Crippen LogP contribution is -2.26. The van der Waals surface area contributed by atoms with Gasteiger partial charge in [-0.3, -0.25) is 10.2 Å². The molecule has 0 unspecified atom stereocenters. The highest BCUT2D eigenvalue weighted by Gasteiger charge is 2.13. The number of rotatable bonds is 7. The Morgan fingerprint density at radius 1 is 1.26 bits per heavy atom. The molecule has 0 aliphatic carbocycles. The zero-order chi connectivity index (χ0) is 19.4. The van der Waals surface area contributed by atoms with E-state index in [9.17, 15) is 4.79 Å². The quantitative estimate of drug-likeness (QED) is 0.337. The van der Waals surface area contributed by atoms with Crippen molar-refractivity contribution in [3.8, 4) is 11.3 Å². The fourth-order valence-electron chi connectivity index (χ4n) is 2.57. The minimum atomic E-state index is 0.0489. The highest BCUT2D eigenvalue weighted by molar-refractivity contribution is 7.18. The molecule has 0 fully saturated rings. The molecule has 0 bridgehead atoms. The second-order valence-electron chi connectivity index (χ2n) is 6.15. The maximum Gasteiger partial charge on any atom is 0.173 e. The van der Waals surface area contributed by atoms with E-state index in [1.165, 1.54) is 11.3 Å². The minimum absolute atomic E-state index is 0.0489. The largest absolute Gasteiger partial charge is 0.361 e. The number of ketones is 1. The molecule has 0 atom stereocenters. The molecular formula is C20H20ClN3O2S. The number of aromatic nitrogens is 1. The van der Waals surface area contributed by atoms with Crippen molar-refractivity contribution >= 4 is 34.6 Å². The van der Waals surface area contributed by atoms with Gasteiger partial charge >= 0.3 is 0 Å². The summed E-state index contributed by atoms with van der Waals surface area (Å²) in [5, 5.41) is 12.2. The molecular weight excluding hydrogens is 382 g/mol. The van der Waals surface area contributed by atoms with Crippen LogP contribution in [0.1, 0.15) is 34.3 Å². The zero-order valence-electron chi connectivity index (χ0n) is 15.2. The number of hydrogen-bond donors (Lipinski definition) is 1. The second-order valence-corrected chi connectivity index (χ2v) is 7.86. The third-order valence-corrected chi connectivity index (χ3v) is 5.59. The van der Waals surface area contributed by atoms with Crippen LogP contribution in [0.2, 0.25) is 4.34 Å². The van der Waals surface area contributed by atoms with E-state index in [1.54, 1.807) is 12.1 Å². The fourth-order valence-corrected chi connectivity index (χ4v) is 3.58. The van der Waals surface area contributed by atoms with Crippen molar-refractivity contribution in [2.75, 3.05) is 13.6 Å². The van der Waals surface area contributed by atoms with E-state index in [4.69, 9.17) is 21.5 Å². The van der Waals surface area contributed by atoms with Crippen molar-refractivity contribution in [1.82, 2.24) is 10.1 Å². The summed E-state index contributed by atoms with van der Waals surface area (Å²) in [6, 6.07) is 13.0. The first kappa shape index (κ1) is 19.3. The molecule has 3 aromatic rings. The van der Waals surface area contributed by atoms with Crippen LogP contribution in [-0.2, 0) is 6.42 Å². The summed E-state index contributed by atoms with van der Waals surface area (Å²) in [7, 11) is 1.89. The van der Waals surface area contributed by atoms with E-state index >= 15 is 0 Å². The molecule has 0 radical (unpaired) electrons. The van der Waals surface area contributed by atoms with Crippen LogP contribution in [-0.4, -0.2) is 35.3 Å². The van der Waals surface area contributed by atoms with Crippen molar-refractivity contribution in [3.63, 3.8) is 0 Å². The van der Waals surface area contributed by atoms with E-state index < -0.39 is 0 Å². The van der Waals surface area contributed by atoms with Crippen LogP contribution in [0.4, 0.5) is 0 Å². The van der Waals surface area contributed by atoms with Crippen LogP contribution in [0.15, 0.2) is 47.0 Å². The fraction of sp³-hybridized carbons (Fsp3) is 0.250. The summed E-state index contributed by atoms with van der Waals surface area (Å²) < 4.78 is 5.98. The molecule has 27 heavy (non-hydrogen) atoms. The Morgan fingerprint density at radius 2 is 2.00 bits per heavy atom. The molecule has 0 aliphatic rings. The number of benzene rings is 1. The number of hydrogen-bond acceptors (Lipinski definition) is 5. The normalized spacial score (nSPS) is 10.8. The smallest absolute Gasteiger partial charge is 0.173 e. The van der Waals surface area contributed by atoms with Crippen LogP contribution < -0.4 is 0 Å². The molecule has 2 heterocycles. The molecule has 3 rings (SSSR count). The van der Waals surface area contributed by atoms with Crippen molar-refractivity contribution in [2.45, 2.75) is 19.8 Å². The third kappa shape index (κ3) is 4.64. The van der Waals surface area contributed by atoms with Crippen LogP contribution in [0, 0.1) is 5.41 Å². The average Bonchev–Trinajstić information content (AvgIpc) is 3.34. The Hall–Kier alpha value is -2.44. The third-order valence-electron chi connectivity index (χ3n) is 4.32. The number of aryl methyl sites for hydroxylation is 1. The van der Waals surface area contributed by atoms with Crippen LogP contribution in [0.25, 0.3) is 11.3 Å². The van der Waals surface area contributed by atoms with E-state index in [0.717, 1.165) is 23.4 Å². The van der Waals surface area contributed by atoms with Gasteiger partial charge in [-0.2, -0.15) is 0 Å². The van der Waals surface area contributed by atoms with Gasteiger partial charge in [-0.15, -0.1) is 11.3 Å². The van der Waals surface area contributed by atoms with Crippen LogP contribution in [0.5, 0.6) is 0 Å². The SMILES string of the molecule is CCN(C)C(=N)c1ccc(-c2cc(CCC(=O)c3ccc(Cl)s3)on2)cc1. The summed E-state index contributed by atoms with van der Waals surface area (Å²) in [5.74, 6) is 1.20. The maximum absolute atomic E-state index is 12.2. The summed E-state index contributed by atoms with van der Waals surface area (Å²) in [5.41, 5.74) is 2.49. The van der Waals surface area contributed by atoms with Gasteiger partial charge < -0.3 is 9.42 Å². The van der Waals surface area contributed by atoms with Gasteiger partial charge in [0.25, 0.3) is 0 Å². The first-order valence-electron chi connectivity index (χ1n) is 8.62. The van der Waals surface area contributed by atoms with Crippen molar-refractivity contribution in [2.24, 2.45) is 0 Å². The van der Waals surface area contributed by atoms with Crippen molar-refractivity contribution in [1.29, 1.82) is 5.41 Å². The van der Waals surface area contributed by atoms with Crippen LogP contribution in [0.3, 0.4) is 0 Å². The molecule has 2 aromatic heterocycles. The number of thiophene rings is 1. The molecule has 5 nitrogen and oxygen atoms in total. The van der Waals surface area contributed by atoms with E-state index in [2.05, 4.69) is 5.16 Å². The lowest BCUT2D eigenvalue weighted by Gasteiger charge is -2.17. The Bertz CT molecular complexity index is 946. The van der Waals surface area contributed by atoms with Gasteiger partial charge in [0, 0.05) is 43.6 Å². The zero-order valence-corrected chi connectivity index (χ0v) is 16.7. The van der Waals surface area contributed by atoms with Crippen molar-refractivity contribution in [3.05, 3.63) is 63.0 Å². The van der Waals surface area contributed by atoms with Gasteiger partial charge in [0.2, 0.25) is 0 Å². The Morgan fingerprint density at radius 3 is 2.63 bits per heavy atom. The highest BCUT2D eigenvalue weighted by atomic mass is 35.5. The highest BCUT2D eigenvalue weighted by Crippen LogP contribution is 2.24. The van der Waals surface area contributed by atoms with Gasteiger partial charge in [0.1, 0.15) is 17.3 Å². The Labute approximate surface area is 167 Å². The molecule has 7 heteroatoms. The lowest BCUT2D eigenvalue weighted by molar-refractivity contribution is 0.0984. The van der Waals surface area contributed by atoms with E-state index in [1.807, 2.05) is 49.2 Å². The van der Waals surface area contributed by atoms with Gasteiger partial charge in [0.05, 0.1) is 9.21 Å². The molecule has 140 valence electrons. The number of nitrogens with one attached hydrogen (secondary N) is 1. The minimum Gasteiger partial charge on any atom is -0.361 e. The van der Waals surface area contributed by atoms with Gasteiger partial charge in [-0.1, -0.05) is 41.0 Å². The Kier molecular flexibility index (Phi) is 6.08. The lowest BCUT2D eigenvalue weighted by atomic mass is 10.1. The van der Waals surface area contributed by atoms with Crippen LogP contribution >= 0.6 is 22.9 Å². The molecule has 1 aromatic carbocycles. The number of carbonyl (C=O) groups is 1. The predicted octanol–water partition coefficient (Wildman–Crippen LogP) is 5.15. The summed E-state index contributed by atoms with van der Waals surface area (Å²) in [6.07, 6.45) is 0.844. The number of carbonyl (C=O) groups excluding carboxylic acids is 1. The Balaban J connectivity index is 1.63. The molecule has 0 amide bonds. The number of Topliss-reactive ketones (excluding diaryl/α,β-unsaturated/α-hetero) is 1. The van der Waals surface area contributed by atoms with Gasteiger partial charge in [-0.05, 0) is 19.1 Å². The summed E-state index contributed by atoms with van der Waals surface area (Å²) >= 11 is 7.16. The monoisotopic (exact) mass is 401 g/mol.